The van der Waals surface area contributed by atoms with E-state index in [0.29, 0.717) is 14.7 Å². The number of amides is 1. The minimum Gasteiger partial charge on any atom is -0.278 e. The van der Waals surface area contributed by atoms with Crippen LogP contribution < -0.4 is 11.2 Å². The molecule has 0 aliphatic rings. The summed E-state index contributed by atoms with van der Waals surface area (Å²) in [6.07, 6.45) is 1.25. The second kappa shape index (κ2) is 6.52. The van der Waals surface area contributed by atoms with E-state index in [2.05, 4.69) is 4.99 Å². The van der Waals surface area contributed by atoms with Crippen LogP contribution in [0.5, 0.6) is 0 Å². The standard InChI is InChI=1S/C15H16FN3O4S/c1-4-11-5-7-12(8-6-11)24(22,23)19-9-13(16)14(17-10(2)20)18(3)15(19)21/h5-9H,4H2,1-3H3/b17-14+. The van der Waals surface area contributed by atoms with Crippen molar-refractivity contribution in [2.75, 3.05) is 0 Å². The Hall–Kier alpha value is -2.55. The zero-order chi connectivity index (χ0) is 18.1. The molecule has 7 nitrogen and oxygen atoms in total. The monoisotopic (exact) mass is 353 g/mol. The smallest absolute Gasteiger partial charge is 0.278 e. The van der Waals surface area contributed by atoms with Gasteiger partial charge in [0.05, 0.1) is 11.1 Å². The summed E-state index contributed by atoms with van der Waals surface area (Å²) in [6, 6.07) is 5.94. The number of carbonyl (C=O) groups excluding carboxylic acids is 1. The normalized spacial score (nSPS) is 12.4. The highest BCUT2D eigenvalue weighted by molar-refractivity contribution is 7.90. The van der Waals surface area contributed by atoms with Gasteiger partial charge in [0, 0.05) is 14.0 Å². The average Bonchev–Trinajstić information content (AvgIpc) is 2.54. The molecule has 0 spiro atoms. The van der Waals surface area contributed by atoms with Gasteiger partial charge in [-0.15, -0.1) is 0 Å². The molecule has 0 saturated carbocycles. The molecular formula is C15H16FN3O4S. The molecule has 0 atom stereocenters. The Balaban J connectivity index is 2.72. The maximum atomic E-state index is 14.1. The minimum absolute atomic E-state index is 0.141. The summed E-state index contributed by atoms with van der Waals surface area (Å²) in [7, 11) is -3.13. The number of rotatable bonds is 3. The lowest BCUT2D eigenvalue weighted by atomic mass is 10.2. The molecule has 0 radical (unpaired) electrons. The van der Waals surface area contributed by atoms with E-state index in [-0.39, 0.29) is 4.90 Å². The van der Waals surface area contributed by atoms with Crippen LogP contribution in [0.15, 0.2) is 45.1 Å². The molecule has 0 unspecified atom stereocenters. The number of hydrogen-bond acceptors (Lipinski definition) is 4. The first-order valence-electron chi connectivity index (χ1n) is 7.06. The van der Waals surface area contributed by atoms with E-state index in [1.54, 1.807) is 12.1 Å². The van der Waals surface area contributed by atoms with Gasteiger partial charge in [0.1, 0.15) is 0 Å². The molecule has 24 heavy (non-hydrogen) atoms. The Bertz CT molecular complexity index is 1020. The maximum Gasteiger partial charge on any atom is 0.343 e. The van der Waals surface area contributed by atoms with Crippen molar-refractivity contribution in [3.05, 3.63) is 57.8 Å². The van der Waals surface area contributed by atoms with E-state index in [9.17, 15) is 22.4 Å². The largest absolute Gasteiger partial charge is 0.343 e. The van der Waals surface area contributed by atoms with E-state index in [4.69, 9.17) is 0 Å². The Morgan fingerprint density at radius 2 is 1.83 bits per heavy atom. The first-order valence-corrected chi connectivity index (χ1v) is 8.50. The fraction of sp³-hybridized carbons (Fsp3) is 0.267. The number of aromatic nitrogens is 2. The van der Waals surface area contributed by atoms with Gasteiger partial charge in [-0.3, -0.25) is 9.36 Å². The van der Waals surface area contributed by atoms with Gasteiger partial charge in [-0.1, -0.05) is 19.1 Å². The molecule has 0 fully saturated rings. The highest BCUT2D eigenvalue weighted by Crippen LogP contribution is 2.13. The highest BCUT2D eigenvalue weighted by atomic mass is 32.2. The maximum absolute atomic E-state index is 14.1. The molecule has 1 aromatic heterocycles. The van der Waals surface area contributed by atoms with Crippen molar-refractivity contribution < 1.29 is 17.6 Å². The van der Waals surface area contributed by atoms with Crippen LogP contribution in [-0.4, -0.2) is 22.9 Å². The summed E-state index contributed by atoms with van der Waals surface area (Å²) in [6.45, 7) is 3.01. The topological polar surface area (TPSA) is 90.5 Å². The molecule has 1 heterocycles. The first kappa shape index (κ1) is 17.8. The number of nitrogens with zero attached hydrogens (tertiary/aromatic N) is 3. The predicted molar refractivity (Wildman–Crippen MR) is 84.3 cm³/mol. The Morgan fingerprint density at radius 3 is 2.33 bits per heavy atom. The van der Waals surface area contributed by atoms with Crippen molar-refractivity contribution in [3.63, 3.8) is 0 Å². The van der Waals surface area contributed by atoms with Crippen molar-refractivity contribution in [3.8, 4) is 0 Å². The third-order valence-electron chi connectivity index (χ3n) is 3.39. The van der Waals surface area contributed by atoms with Crippen molar-refractivity contribution in [2.24, 2.45) is 12.0 Å². The van der Waals surface area contributed by atoms with Crippen LogP contribution in [0.2, 0.25) is 0 Å². The molecule has 1 amide bonds. The molecule has 0 bridgehead atoms. The van der Waals surface area contributed by atoms with Crippen molar-refractivity contribution in [1.29, 1.82) is 0 Å². The Morgan fingerprint density at radius 1 is 1.25 bits per heavy atom. The van der Waals surface area contributed by atoms with Gasteiger partial charge in [-0.05, 0) is 24.1 Å². The van der Waals surface area contributed by atoms with Gasteiger partial charge in [0.2, 0.25) is 5.91 Å². The summed E-state index contributed by atoms with van der Waals surface area (Å²) in [5.74, 6) is -1.80. The van der Waals surface area contributed by atoms with Crippen LogP contribution in [0.4, 0.5) is 4.39 Å². The van der Waals surface area contributed by atoms with Gasteiger partial charge in [-0.2, -0.15) is 8.96 Å². The highest BCUT2D eigenvalue weighted by Gasteiger charge is 2.21. The third-order valence-corrected chi connectivity index (χ3v) is 5.04. The van der Waals surface area contributed by atoms with Crippen LogP contribution in [0.25, 0.3) is 0 Å². The van der Waals surface area contributed by atoms with E-state index in [1.807, 2.05) is 6.92 Å². The van der Waals surface area contributed by atoms with Crippen molar-refractivity contribution in [1.82, 2.24) is 8.54 Å². The minimum atomic E-state index is -4.27. The number of hydrogen-bond donors (Lipinski definition) is 0. The van der Waals surface area contributed by atoms with Crippen LogP contribution in [-0.2, 0) is 28.3 Å². The Kier molecular flexibility index (Phi) is 4.83. The lowest BCUT2D eigenvalue weighted by Gasteiger charge is -2.10. The van der Waals surface area contributed by atoms with Gasteiger partial charge in [-0.25, -0.2) is 17.6 Å². The molecule has 0 aliphatic heterocycles. The first-order chi connectivity index (χ1) is 11.2. The molecule has 0 saturated heterocycles. The lowest BCUT2D eigenvalue weighted by molar-refractivity contribution is -0.116. The lowest BCUT2D eigenvalue weighted by Crippen LogP contribution is -2.42. The average molecular weight is 353 g/mol. The van der Waals surface area contributed by atoms with E-state index >= 15 is 0 Å². The van der Waals surface area contributed by atoms with Gasteiger partial charge >= 0.3 is 5.69 Å². The van der Waals surface area contributed by atoms with E-state index in [0.717, 1.165) is 26.0 Å². The SMILES string of the molecule is CCc1ccc(S(=O)(=O)n2cc(F)/c(=N\C(C)=O)n(C)c2=O)cc1. The number of carbonyl (C=O) groups is 1. The zero-order valence-corrected chi connectivity index (χ0v) is 14.2. The van der Waals surface area contributed by atoms with Gasteiger partial charge in [0.15, 0.2) is 11.3 Å². The van der Waals surface area contributed by atoms with E-state index in [1.165, 1.54) is 12.1 Å². The van der Waals surface area contributed by atoms with Gasteiger partial charge in [0.25, 0.3) is 10.0 Å². The fourth-order valence-corrected chi connectivity index (χ4v) is 3.34. The summed E-state index contributed by atoms with van der Waals surface area (Å²) < 4.78 is 40.2. The molecule has 9 heteroatoms. The number of aryl methyl sites for hydroxylation is 1. The second-order valence-electron chi connectivity index (χ2n) is 5.07. The van der Waals surface area contributed by atoms with E-state index < -0.39 is 32.9 Å². The summed E-state index contributed by atoms with van der Waals surface area (Å²) in [5, 5.41) is 0. The molecule has 0 N–H and O–H groups in total. The third kappa shape index (κ3) is 3.21. The van der Waals surface area contributed by atoms with Crippen molar-refractivity contribution in [2.45, 2.75) is 25.2 Å². The van der Waals surface area contributed by atoms with Crippen molar-refractivity contribution >= 4 is 15.9 Å². The fourth-order valence-electron chi connectivity index (χ4n) is 2.07. The molecular weight excluding hydrogens is 337 g/mol. The molecule has 1 aromatic carbocycles. The molecule has 2 aromatic rings. The second-order valence-corrected chi connectivity index (χ2v) is 6.89. The van der Waals surface area contributed by atoms with Crippen LogP contribution in [0.3, 0.4) is 0 Å². The zero-order valence-electron chi connectivity index (χ0n) is 13.4. The van der Waals surface area contributed by atoms with Crippen LogP contribution in [0, 0.1) is 5.82 Å². The predicted octanol–water partition coefficient (Wildman–Crippen LogP) is 0.572. The molecule has 128 valence electrons. The number of halogens is 1. The summed E-state index contributed by atoms with van der Waals surface area (Å²) in [5.41, 5.74) is -0.634. The van der Waals surface area contributed by atoms with Gasteiger partial charge < -0.3 is 0 Å². The van der Waals surface area contributed by atoms with Crippen LogP contribution in [0.1, 0.15) is 19.4 Å². The number of benzene rings is 1. The Labute approximate surface area is 137 Å². The summed E-state index contributed by atoms with van der Waals surface area (Å²) >= 11 is 0. The van der Waals surface area contributed by atoms with Crippen LogP contribution >= 0.6 is 0 Å². The quantitative estimate of drug-likeness (QED) is 0.807. The molecule has 0 aliphatic carbocycles. The molecule has 2 rings (SSSR count). The summed E-state index contributed by atoms with van der Waals surface area (Å²) in [4.78, 5) is 26.5.